The van der Waals surface area contributed by atoms with Gasteiger partial charge in [0.25, 0.3) is 11.8 Å². The molecule has 87 heavy (non-hydrogen) atoms. The quantitative estimate of drug-likeness (QED) is 0.0368. The molecule has 6 heterocycles. The lowest BCUT2D eigenvalue weighted by atomic mass is 9.86. The van der Waals surface area contributed by atoms with Crippen LogP contribution >= 0.6 is 46.6 Å². The molecular formula is C79H122N2O2S4. The van der Waals surface area contributed by atoms with E-state index in [1.54, 1.807) is 11.3 Å². The molecule has 0 spiro atoms. The Morgan fingerprint density at radius 1 is 0.540 bits per heavy atom. The summed E-state index contributed by atoms with van der Waals surface area (Å²) in [5.41, 5.74) is 3.62. The number of hydrogen-bond acceptors (Lipinski definition) is 6. The molecule has 3 aliphatic heterocycles. The predicted octanol–water partition coefficient (Wildman–Crippen LogP) is 24.7. The molecule has 484 valence electrons. The maximum Gasteiger partial charge on any atom is 0.260 e. The van der Waals surface area contributed by atoms with Crippen molar-refractivity contribution in [1.82, 2.24) is 0 Å². The normalized spacial score (nSPS) is 18.0. The fraction of sp³-hybridized carbons (Fsp3) is 0.696. The minimum Gasteiger partial charge on any atom is -0.307 e. The van der Waals surface area contributed by atoms with Crippen LogP contribution in [0, 0.1) is 17.3 Å². The number of anilines is 2. The van der Waals surface area contributed by atoms with Crippen molar-refractivity contribution in [3.8, 4) is 9.75 Å². The van der Waals surface area contributed by atoms with Crippen molar-refractivity contribution in [2.45, 2.75) is 324 Å². The van der Waals surface area contributed by atoms with Gasteiger partial charge in [0.15, 0.2) is 0 Å². The zero-order chi connectivity index (χ0) is 61.9. The number of fused-ring (bicyclic) bond motifs is 1. The van der Waals surface area contributed by atoms with Gasteiger partial charge in [-0.05, 0) is 97.2 Å². The number of nitrogens with zero attached hydrogens (tertiary/aromatic N) is 2. The molecule has 2 bridgehead atoms. The van der Waals surface area contributed by atoms with Gasteiger partial charge >= 0.3 is 0 Å². The van der Waals surface area contributed by atoms with Gasteiger partial charge in [0, 0.05) is 57.3 Å². The summed E-state index contributed by atoms with van der Waals surface area (Å²) >= 11 is 10.9. The number of carbonyl (C=O) groups excluding carboxylic acids is 2. The second-order valence-corrected chi connectivity index (χ2v) is 32.8. The van der Waals surface area contributed by atoms with Gasteiger partial charge in [0.1, 0.15) is 0 Å². The highest BCUT2D eigenvalue weighted by Crippen LogP contribution is 2.45. The minimum atomic E-state index is 0.0442. The SMILES string of the molecule is CCCCCCCCCCCCC(CCCCCCCCCC)CN1C(=O)C2=c3cc4c(cc31)=C(c1ccc(-c3cc5sc(C(C)(C)C)cc5s3)s1)C(=O)N4CC(CCCCCCCCCCCC)CCCCCCCCCCC(C)(C)/C=C/C=C2S. The minimum absolute atomic E-state index is 0.0442. The summed E-state index contributed by atoms with van der Waals surface area (Å²) in [6, 6.07) is 13.9. The molecule has 7 rings (SSSR count). The molecule has 0 saturated heterocycles. The van der Waals surface area contributed by atoms with Gasteiger partial charge in [-0.1, -0.05) is 299 Å². The number of amides is 2. The third-order valence-electron chi connectivity index (χ3n) is 19.7. The molecule has 8 heteroatoms. The topological polar surface area (TPSA) is 40.6 Å². The number of carbonyl (C=O) groups is 2. The summed E-state index contributed by atoms with van der Waals surface area (Å²) in [6.07, 6.45) is 59.7. The van der Waals surface area contributed by atoms with E-state index in [1.807, 2.05) is 22.7 Å². The van der Waals surface area contributed by atoms with Crippen LogP contribution in [0.15, 0.2) is 59.5 Å². The molecule has 0 fully saturated rings. The second-order valence-electron chi connectivity index (χ2n) is 29.0. The Morgan fingerprint density at radius 3 is 1.60 bits per heavy atom. The Hall–Kier alpha value is -2.91. The van der Waals surface area contributed by atoms with Gasteiger partial charge in [0.2, 0.25) is 0 Å². The van der Waals surface area contributed by atoms with Crippen LogP contribution in [0.5, 0.6) is 0 Å². The standard InChI is InChI=1S/C79H122N2O2S4/c1-9-12-15-18-21-24-26-31-36-41-47-61(46-40-35-30-23-20-17-14-11-3)59-80-65-56-64-66-55-63(65)74(76(80)82)67(84)50-45-54-79(7,8)53-44-39-34-29-28-33-38-43-49-62(48-42-37-32-27-25-22-19-16-13-10-2)60-81(66)77(83)75(64)69-52-51-68(85-69)70-57-71-72(86-70)58-73(87-71)78(4,5)6/h45,50-52,54-58,61-62,84H,9-44,46-49,53,59-60H2,1-8H3/b54-45+,67-50?. The Labute approximate surface area is 549 Å². The Kier molecular flexibility index (Phi) is 31.4. The molecule has 2 amide bonds. The molecule has 0 aliphatic carbocycles. The summed E-state index contributed by atoms with van der Waals surface area (Å²) in [5, 5.41) is 1.95. The number of hydrogen-bond donors (Lipinski definition) is 1. The van der Waals surface area contributed by atoms with Crippen molar-refractivity contribution in [2.24, 2.45) is 17.3 Å². The van der Waals surface area contributed by atoms with Gasteiger partial charge in [-0.2, -0.15) is 0 Å². The highest BCUT2D eigenvalue weighted by molar-refractivity contribution is 7.85. The lowest BCUT2D eigenvalue weighted by molar-refractivity contribution is -0.114. The van der Waals surface area contributed by atoms with E-state index in [2.05, 4.69) is 120 Å². The number of benzene rings is 1. The van der Waals surface area contributed by atoms with E-state index in [1.165, 1.54) is 255 Å². The van der Waals surface area contributed by atoms with Crippen LogP contribution in [0.3, 0.4) is 0 Å². The van der Waals surface area contributed by atoms with Crippen molar-refractivity contribution < 1.29 is 9.59 Å². The average Bonchev–Trinajstić information content (AvgIpc) is 1.69. The van der Waals surface area contributed by atoms with Gasteiger partial charge in [0.05, 0.1) is 22.5 Å². The first-order valence-corrected chi connectivity index (χ1v) is 39.4. The highest BCUT2D eigenvalue weighted by Gasteiger charge is 2.38. The molecule has 2 unspecified atom stereocenters. The largest absolute Gasteiger partial charge is 0.307 e. The summed E-state index contributed by atoms with van der Waals surface area (Å²) in [7, 11) is 0. The summed E-state index contributed by atoms with van der Waals surface area (Å²) < 4.78 is 2.70. The lowest BCUT2D eigenvalue weighted by Crippen LogP contribution is -2.35. The van der Waals surface area contributed by atoms with Crippen LogP contribution in [0.1, 0.15) is 328 Å². The number of rotatable bonds is 35. The molecule has 4 nitrogen and oxygen atoms in total. The van der Waals surface area contributed by atoms with Crippen LogP contribution in [0.25, 0.3) is 30.3 Å². The molecule has 3 aliphatic rings. The van der Waals surface area contributed by atoms with Crippen LogP contribution in [0.2, 0.25) is 0 Å². The molecule has 0 radical (unpaired) electrons. The monoisotopic (exact) mass is 1260 g/mol. The first kappa shape index (κ1) is 71.5. The number of allylic oxidation sites excluding steroid dienone is 3. The molecular weight excluding hydrogens is 1140 g/mol. The van der Waals surface area contributed by atoms with E-state index in [0.29, 0.717) is 24.0 Å². The Bertz CT molecular complexity index is 2840. The van der Waals surface area contributed by atoms with Crippen molar-refractivity contribution in [3.05, 3.63) is 79.7 Å². The fourth-order valence-corrected chi connectivity index (χ4v) is 18.0. The van der Waals surface area contributed by atoms with E-state index < -0.39 is 0 Å². The van der Waals surface area contributed by atoms with Gasteiger partial charge in [-0.25, -0.2) is 0 Å². The van der Waals surface area contributed by atoms with Crippen LogP contribution in [0.4, 0.5) is 11.4 Å². The third kappa shape index (κ3) is 22.7. The number of unbranched alkanes of at least 4 members (excludes halogenated alkanes) is 25. The van der Waals surface area contributed by atoms with Crippen molar-refractivity contribution in [1.29, 1.82) is 0 Å². The van der Waals surface area contributed by atoms with E-state index in [4.69, 9.17) is 12.6 Å². The Balaban J connectivity index is 1.27. The smallest absolute Gasteiger partial charge is 0.260 e. The summed E-state index contributed by atoms with van der Waals surface area (Å²) in [4.78, 5) is 41.6. The van der Waals surface area contributed by atoms with Gasteiger partial charge in [-0.3, -0.25) is 9.59 Å². The van der Waals surface area contributed by atoms with E-state index in [0.717, 1.165) is 75.8 Å². The average molecular weight is 1260 g/mol. The predicted molar refractivity (Wildman–Crippen MR) is 391 cm³/mol. The summed E-state index contributed by atoms with van der Waals surface area (Å²) in [5.74, 6) is 1.02. The number of thiol groups is 1. The van der Waals surface area contributed by atoms with E-state index in [9.17, 15) is 0 Å². The van der Waals surface area contributed by atoms with Gasteiger partial charge < -0.3 is 9.80 Å². The molecule has 0 saturated carbocycles. The maximum atomic E-state index is 15.9. The zero-order valence-electron chi connectivity index (χ0n) is 56.6. The maximum absolute atomic E-state index is 15.9. The van der Waals surface area contributed by atoms with E-state index in [-0.39, 0.29) is 22.6 Å². The van der Waals surface area contributed by atoms with Gasteiger partial charge in [-0.15, -0.1) is 46.6 Å². The highest BCUT2D eigenvalue weighted by atomic mass is 32.1. The van der Waals surface area contributed by atoms with Crippen LogP contribution in [-0.4, -0.2) is 24.9 Å². The molecule has 2 atom stereocenters. The number of thiophene rings is 3. The molecule has 1 aromatic carbocycles. The first-order chi connectivity index (χ1) is 42.2. The molecule has 4 aromatic rings. The zero-order valence-corrected chi connectivity index (χ0v) is 60.0. The Morgan fingerprint density at radius 2 is 1.03 bits per heavy atom. The third-order valence-corrected chi connectivity index (χ3v) is 24.1. The van der Waals surface area contributed by atoms with Crippen LogP contribution in [-0.2, 0) is 15.0 Å². The van der Waals surface area contributed by atoms with Crippen molar-refractivity contribution >= 4 is 90.4 Å². The van der Waals surface area contributed by atoms with Crippen molar-refractivity contribution in [2.75, 3.05) is 22.9 Å². The first-order valence-electron chi connectivity index (χ1n) is 36.5. The van der Waals surface area contributed by atoms with E-state index >= 15 is 9.59 Å². The molecule has 3 aromatic heterocycles. The fourth-order valence-electron chi connectivity index (χ4n) is 14.1. The van der Waals surface area contributed by atoms with Crippen LogP contribution < -0.4 is 20.2 Å². The van der Waals surface area contributed by atoms with Crippen molar-refractivity contribution in [3.63, 3.8) is 0 Å². The lowest BCUT2D eigenvalue weighted by Gasteiger charge is -2.27. The summed E-state index contributed by atoms with van der Waals surface area (Å²) in [6.45, 7) is 20.0. The second kappa shape index (κ2) is 38.2. The molecule has 0 N–H and O–H groups in total.